The number of ether oxygens (including phenoxy) is 1. The van der Waals surface area contributed by atoms with E-state index >= 15 is 0 Å². The Bertz CT molecular complexity index is 1130. The molecule has 1 aliphatic rings. The van der Waals surface area contributed by atoms with Gasteiger partial charge in [0.15, 0.2) is 5.82 Å². The molecule has 11 heteroatoms. The number of benzene rings is 2. The molecule has 4 rings (SSSR count). The first-order chi connectivity index (χ1) is 17.0. The molecule has 3 atom stereocenters. The summed E-state index contributed by atoms with van der Waals surface area (Å²) in [5.74, 6) is 0.00351. The average Bonchev–Trinajstić information content (AvgIpc) is 3.36. The normalized spacial score (nSPS) is 18.9. The van der Waals surface area contributed by atoms with E-state index in [4.69, 9.17) is 27.9 Å². The van der Waals surface area contributed by atoms with Gasteiger partial charge < -0.3 is 15.0 Å². The van der Waals surface area contributed by atoms with E-state index in [0.717, 1.165) is 17.5 Å². The number of H-pyrrole nitrogens is 1. The number of morpholine rings is 1. The lowest BCUT2D eigenvalue weighted by Gasteiger charge is -2.45. The van der Waals surface area contributed by atoms with Crippen molar-refractivity contribution in [2.75, 3.05) is 13.2 Å². The van der Waals surface area contributed by atoms with Gasteiger partial charge in [-0.2, -0.15) is 0 Å². The van der Waals surface area contributed by atoms with Gasteiger partial charge in [0.1, 0.15) is 12.7 Å². The van der Waals surface area contributed by atoms with Crippen LogP contribution in [0.25, 0.3) is 0 Å². The highest BCUT2D eigenvalue weighted by Gasteiger charge is 2.42. The molecule has 2 amide bonds. The molecule has 0 radical (unpaired) electrons. The van der Waals surface area contributed by atoms with E-state index in [-0.39, 0.29) is 37.4 Å². The predicted molar refractivity (Wildman–Crippen MR) is 131 cm³/mol. The summed E-state index contributed by atoms with van der Waals surface area (Å²) in [7, 11) is 0. The van der Waals surface area contributed by atoms with Crippen molar-refractivity contribution in [1.29, 1.82) is 0 Å². The second kappa shape index (κ2) is 11.6. The fourth-order valence-corrected chi connectivity index (χ4v) is 4.61. The van der Waals surface area contributed by atoms with E-state index in [2.05, 4.69) is 25.9 Å². The van der Waals surface area contributed by atoms with E-state index in [1.54, 1.807) is 12.1 Å². The predicted octanol–water partition coefficient (Wildman–Crippen LogP) is 3.68. The third kappa shape index (κ3) is 6.17. The van der Waals surface area contributed by atoms with Crippen LogP contribution in [0, 0.1) is 0 Å². The van der Waals surface area contributed by atoms with Gasteiger partial charge in [-0.05, 0) is 52.2 Å². The lowest BCUT2D eigenvalue weighted by molar-refractivity contribution is -0.163. The minimum absolute atomic E-state index is 0.0247. The number of nitrogens with one attached hydrogen (secondary N) is 2. The Morgan fingerprint density at radius 3 is 2.40 bits per heavy atom. The second-order valence-corrected chi connectivity index (χ2v) is 9.22. The molecule has 0 saturated carbocycles. The van der Waals surface area contributed by atoms with Crippen LogP contribution in [0.4, 0.5) is 0 Å². The molecule has 2 N–H and O–H groups in total. The van der Waals surface area contributed by atoms with E-state index in [9.17, 15) is 9.59 Å². The molecule has 1 fully saturated rings. The number of aromatic nitrogens is 4. The molecule has 184 valence electrons. The summed E-state index contributed by atoms with van der Waals surface area (Å²) in [5.41, 5.74) is 1.80. The fraction of sp³-hybridized carbons (Fsp3) is 0.375. The highest BCUT2D eigenvalue weighted by atomic mass is 35.5. The molecule has 0 bridgehead atoms. The van der Waals surface area contributed by atoms with E-state index in [0.29, 0.717) is 22.3 Å². The van der Waals surface area contributed by atoms with Crippen LogP contribution in [0.1, 0.15) is 48.9 Å². The van der Waals surface area contributed by atoms with Crippen LogP contribution < -0.4 is 5.32 Å². The largest absolute Gasteiger partial charge is 0.361 e. The highest BCUT2D eigenvalue weighted by Crippen LogP contribution is 2.42. The van der Waals surface area contributed by atoms with E-state index < -0.39 is 12.1 Å². The highest BCUT2D eigenvalue weighted by molar-refractivity contribution is 6.30. The van der Waals surface area contributed by atoms with Gasteiger partial charge in [0.2, 0.25) is 11.8 Å². The van der Waals surface area contributed by atoms with Crippen LogP contribution in [0.15, 0.2) is 48.5 Å². The van der Waals surface area contributed by atoms with Gasteiger partial charge in [-0.25, -0.2) is 5.10 Å². The SMILES string of the molecule is CCC[C@@H](CNC(=O)Cc1nnn[nH]1)N1C(=O)CO[C@@H](c2ccc(Cl)cc2)[C@H]1c1ccc(Cl)cc1. The molecule has 0 spiro atoms. The van der Waals surface area contributed by atoms with Crippen LogP contribution in [0.3, 0.4) is 0 Å². The van der Waals surface area contributed by atoms with Gasteiger partial charge in [0.25, 0.3) is 0 Å². The van der Waals surface area contributed by atoms with E-state index in [1.807, 2.05) is 48.2 Å². The number of tetrazole rings is 1. The monoisotopic (exact) mass is 516 g/mol. The lowest BCUT2D eigenvalue weighted by atomic mass is 9.90. The van der Waals surface area contributed by atoms with Gasteiger partial charge >= 0.3 is 0 Å². The molecule has 1 aliphatic heterocycles. The number of aromatic amines is 1. The number of carbonyl (C=O) groups excluding carboxylic acids is 2. The second-order valence-electron chi connectivity index (χ2n) is 8.35. The van der Waals surface area contributed by atoms with Gasteiger partial charge in [0.05, 0.1) is 12.5 Å². The van der Waals surface area contributed by atoms with Crippen LogP contribution in [0.2, 0.25) is 10.0 Å². The quantitative estimate of drug-likeness (QED) is 0.448. The first kappa shape index (κ1) is 25.1. The Morgan fingerprint density at radius 1 is 1.14 bits per heavy atom. The standard InChI is InChI=1S/C24H26Cl2N6O3/c1-2-3-19(13-27-21(33)12-20-28-30-31-29-20)32-22(34)14-35-24(16-6-10-18(26)11-7-16)23(32)15-4-8-17(25)9-5-15/h4-11,19,23-24H,2-3,12-14H2,1H3,(H,27,33)(H,28,29,30,31)/t19-,23+,24-/m0/s1. The van der Waals surface area contributed by atoms with Crippen LogP contribution in [0.5, 0.6) is 0 Å². The van der Waals surface area contributed by atoms with Gasteiger partial charge in [-0.15, -0.1) is 5.10 Å². The fourth-order valence-electron chi connectivity index (χ4n) is 4.36. The third-order valence-corrected chi connectivity index (χ3v) is 6.44. The molecular formula is C24H26Cl2N6O3. The van der Waals surface area contributed by atoms with Crippen molar-refractivity contribution in [1.82, 2.24) is 30.8 Å². The molecule has 2 aromatic carbocycles. The minimum atomic E-state index is -0.415. The van der Waals surface area contributed by atoms with Crippen LogP contribution >= 0.6 is 23.2 Å². The molecule has 3 aromatic rings. The summed E-state index contributed by atoms with van der Waals surface area (Å²) in [4.78, 5) is 27.7. The molecule has 0 aliphatic carbocycles. The zero-order chi connectivity index (χ0) is 24.8. The van der Waals surface area contributed by atoms with Crippen molar-refractivity contribution in [2.45, 2.75) is 44.4 Å². The summed E-state index contributed by atoms with van der Waals surface area (Å²) >= 11 is 12.3. The van der Waals surface area contributed by atoms with E-state index in [1.165, 1.54) is 0 Å². The zero-order valence-corrected chi connectivity index (χ0v) is 20.7. The maximum atomic E-state index is 13.3. The number of hydrogen-bond donors (Lipinski definition) is 2. The van der Waals surface area contributed by atoms with Crippen molar-refractivity contribution in [3.63, 3.8) is 0 Å². The van der Waals surface area contributed by atoms with Gasteiger partial charge in [0, 0.05) is 22.6 Å². The summed E-state index contributed by atoms with van der Waals surface area (Å²) in [6.07, 6.45) is 1.14. The number of rotatable bonds is 9. The molecule has 9 nitrogen and oxygen atoms in total. The smallest absolute Gasteiger partial charge is 0.249 e. The Balaban J connectivity index is 1.64. The summed E-state index contributed by atoms with van der Waals surface area (Å²) < 4.78 is 6.09. The van der Waals surface area contributed by atoms with Crippen LogP contribution in [-0.2, 0) is 20.7 Å². The number of amides is 2. The third-order valence-electron chi connectivity index (χ3n) is 5.94. The summed E-state index contributed by atoms with van der Waals surface area (Å²) in [6.45, 7) is 2.28. The molecule has 35 heavy (non-hydrogen) atoms. The van der Waals surface area contributed by atoms with Crippen molar-refractivity contribution in [3.8, 4) is 0 Å². The average molecular weight is 517 g/mol. The number of hydrogen-bond acceptors (Lipinski definition) is 6. The van der Waals surface area contributed by atoms with Crippen molar-refractivity contribution in [3.05, 3.63) is 75.5 Å². The topological polar surface area (TPSA) is 113 Å². The maximum absolute atomic E-state index is 13.3. The van der Waals surface area contributed by atoms with Crippen molar-refractivity contribution in [2.24, 2.45) is 0 Å². The number of carbonyl (C=O) groups is 2. The maximum Gasteiger partial charge on any atom is 0.249 e. The lowest BCUT2D eigenvalue weighted by Crippen LogP contribution is -2.54. The molecule has 1 aromatic heterocycles. The molecular weight excluding hydrogens is 491 g/mol. The van der Waals surface area contributed by atoms with Crippen LogP contribution in [-0.4, -0.2) is 56.5 Å². The Morgan fingerprint density at radius 2 is 1.80 bits per heavy atom. The Labute approximate surface area is 213 Å². The molecule has 1 saturated heterocycles. The minimum Gasteiger partial charge on any atom is -0.361 e. The Hall–Kier alpha value is -3.01. The van der Waals surface area contributed by atoms with Gasteiger partial charge in [-0.3, -0.25) is 9.59 Å². The Kier molecular flexibility index (Phi) is 8.33. The zero-order valence-electron chi connectivity index (χ0n) is 19.2. The summed E-state index contributed by atoms with van der Waals surface area (Å²) in [6, 6.07) is 14.2. The van der Waals surface area contributed by atoms with Gasteiger partial charge in [-0.1, -0.05) is 60.8 Å². The van der Waals surface area contributed by atoms with Crippen molar-refractivity contribution < 1.29 is 14.3 Å². The first-order valence-electron chi connectivity index (χ1n) is 11.4. The first-order valence-corrected chi connectivity index (χ1v) is 12.1. The number of nitrogens with zero attached hydrogens (tertiary/aromatic N) is 4. The molecule has 0 unspecified atom stereocenters. The number of halogens is 2. The molecule has 2 heterocycles. The van der Waals surface area contributed by atoms with Crippen molar-refractivity contribution >= 4 is 35.0 Å². The summed E-state index contributed by atoms with van der Waals surface area (Å²) in [5, 5.41) is 17.5.